The molecule has 11 heteroatoms. The number of sulfonamides is 1. The lowest BCUT2D eigenvalue weighted by Crippen LogP contribution is -2.49. The van der Waals surface area contributed by atoms with E-state index in [4.69, 9.17) is 4.74 Å². The van der Waals surface area contributed by atoms with Gasteiger partial charge < -0.3 is 19.6 Å². The lowest BCUT2D eigenvalue weighted by Gasteiger charge is -2.35. The molecule has 29 heavy (non-hydrogen) atoms. The molecule has 10 nitrogen and oxygen atoms in total. The molecule has 2 saturated heterocycles. The summed E-state index contributed by atoms with van der Waals surface area (Å²) >= 11 is 0. The highest BCUT2D eigenvalue weighted by Gasteiger charge is 2.35. The summed E-state index contributed by atoms with van der Waals surface area (Å²) in [4.78, 5) is 42.3. The van der Waals surface area contributed by atoms with Gasteiger partial charge in [0.25, 0.3) is 0 Å². The number of rotatable bonds is 3. The van der Waals surface area contributed by atoms with Crippen molar-refractivity contribution in [2.75, 3.05) is 39.4 Å². The van der Waals surface area contributed by atoms with Crippen molar-refractivity contribution in [1.29, 1.82) is 0 Å². The minimum atomic E-state index is -3.85. The van der Waals surface area contributed by atoms with Gasteiger partial charge in [0.15, 0.2) is 0 Å². The number of piperidine rings is 1. The fourth-order valence-electron chi connectivity index (χ4n) is 3.81. The molecule has 2 fully saturated rings. The molecule has 2 N–H and O–H groups in total. The van der Waals surface area contributed by atoms with Crippen LogP contribution in [-0.4, -0.2) is 72.9 Å². The van der Waals surface area contributed by atoms with Crippen LogP contribution in [0.25, 0.3) is 11.0 Å². The Hall–Kier alpha value is -2.50. The minimum Gasteiger partial charge on any atom is -0.378 e. The van der Waals surface area contributed by atoms with Gasteiger partial charge in [-0.25, -0.2) is 8.42 Å². The lowest BCUT2D eigenvalue weighted by molar-refractivity contribution is -0.140. The zero-order valence-electron chi connectivity index (χ0n) is 15.7. The van der Waals surface area contributed by atoms with E-state index in [1.807, 2.05) is 0 Å². The number of nitrogens with one attached hydrogen (secondary N) is 2. The van der Waals surface area contributed by atoms with Crippen LogP contribution in [-0.2, 0) is 19.6 Å². The zero-order valence-corrected chi connectivity index (χ0v) is 16.5. The van der Waals surface area contributed by atoms with E-state index in [-0.39, 0.29) is 28.8 Å². The molecule has 1 aromatic carbocycles. The molecule has 4 rings (SSSR count). The molecule has 3 heterocycles. The number of carbonyl (C=O) groups excluding carboxylic acids is 1. The first-order chi connectivity index (χ1) is 13.9. The van der Waals surface area contributed by atoms with Crippen LogP contribution < -0.4 is 11.1 Å². The first-order valence-corrected chi connectivity index (χ1v) is 10.9. The summed E-state index contributed by atoms with van der Waals surface area (Å²) in [6.45, 7) is 2.50. The third kappa shape index (κ3) is 3.85. The third-order valence-corrected chi connectivity index (χ3v) is 7.25. The molecule has 0 saturated carbocycles. The number of fused-ring (bicyclic) bond motifs is 1. The van der Waals surface area contributed by atoms with Crippen molar-refractivity contribution in [2.45, 2.75) is 17.7 Å². The van der Waals surface area contributed by atoms with E-state index in [1.54, 1.807) is 4.90 Å². The number of amides is 1. The van der Waals surface area contributed by atoms with Crippen molar-refractivity contribution in [1.82, 2.24) is 19.2 Å². The van der Waals surface area contributed by atoms with E-state index in [0.29, 0.717) is 51.2 Å². The molecule has 1 atom stereocenters. The van der Waals surface area contributed by atoms with Crippen LogP contribution in [0, 0.1) is 5.92 Å². The summed E-state index contributed by atoms with van der Waals surface area (Å²) in [5.41, 5.74) is -1.07. The van der Waals surface area contributed by atoms with E-state index in [9.17, 15) is 22.8 Å². The Morgan fingerprint density at radius 3 is 2.45 bits per heavy atom. The first kappa shape index (κ1) is 19.8. The van der Waals surface area contributed by atoms with E-state index in [2.05, 4.69) is 9.97 Å². The minimum absolute atomic E-state index is 0.00664. The third-order valence-electron chi connectivity index (χ3n) is 5.39. The highest BCUT2D eigenvalue weighted by atomic mass is 32.2. The Balaban J connectivity index is 1.58. The lowest BCUT2D eigenvalue weighted by atomic mass is 9.98. The molecule has 156 valence electrons. The average Bonchev–Trinajstić information content (AvgIpc) is 2.74. The quantitative estimate of drug-likeness (QED) is 0.640. The van der Waals surface area contributed by atoms with Gasteiger partial charge >= 0.3 is 11.1 Å². The standard InChI is InChI=1S/C18H22N4O6S/c23-16-17(24)20-15-10-13(3-4-14(15)19-16)29(26,27)22-5-1-2-12(11-22)18(25)21-6-8-28-9-7-21/h3-4,10,12H,1-2,5-9,11H2,(H,19,23)(H,20,24). The summed E-state index contributed by atoms with van der Waals surface area (Å²) in [5.74, 6) is -0.415. The van der Waals surface area contributed by atoms with Crippen molar-refractivity contribution in [3.63, 3.8) is 0 Å². The van der Waals surface area contributed by atoms with Gasteiger partial charge in [0, 0.05) is 26.2 Å². The van der Waals surface area contributed by atoms with Crippen molar-refractivity contribution in [3.8, 4) is 0 Å². The maximum atomic E-state index is 13.1. The van der Waals surface area contributed by atoms with Crippen LogP contribution in [0.5, 0.6) is 0 Å². The van der Waals surface area contributed by atoms with Gasteiger partial charge in [0.05, 0.1) is 35.1 Å². The number of morpholine rings is 1. The SMILES string of the molecule is O=C(C1CCCN(S(=O)(=O)c2ccc3[nH]c(=O)c(=O)[nH]c3c2)C1)N1CCOCC1. The molecule has 0 radical (unpaired) electrons. The van der Waals surface area contributed by atoms with Gasteiger partial charge in [0.2, 0.25) is 15.9 Å². The summed E-state index contributed by atoms with van der Waals surface area (Å²) in [6, 6.07) is 4.16. The normalized spacial score (nSPS) is 21.4. The second-order valence-electron chi connectivity index (χ2n) is 7.26. The molecular formula is C18H22N4O6S. The van der Waals surface area contributed by atoms with E-state index in [1.165, 1.54) is 22.5 Å². The maximum absolute atomic E-state index is 13.1. The van der Waals surface area contributed by atoms with Crippen molar-refractivity contribution < 1.29 is 17.9 Å². The summed E-state index contributed by atoms with van der Waals surface area (Å²) in [6.07, 6.45) is 1.24. The topological polar surface area (TPSA) is 133 Å². The molecule has 2 aliphatic heterocycles. The van der Waals surface area contributed by atoms with Crippen LogP contribution >= 0.6 is 0 Å². The van der Waals surface area contributed by atoms with Crippen LogP contribution in [0.3, 0.4) is 0 Å². The summed E-state index contributed by atoms with van der Waals surface area (Å²) in [5, 5.41) is 0. The number of hydrogen-bond donors (Lipinski definition) is 2. The molecular weight excluding hydrogens is 400 g/mol. The molecule has 1 unspecified atom stereocenters. The van der Waals surface area contributed by atoms with E-state index < -0.39 is 21.1 Å². The highest BCUT2D eigenvalue weighted by Crippen LogP contribution is 2.26. The molecule has 2 aromatic rings. The van der Waals surface area contributed by atoms with Crippen LogP contribution in [0.15, 0.2) is 32.7 Å². The first-order valence-electron chi connectivity index (χ1n) is 9.49. The van der Waals surface area contributed by atoms with Gasteiger partial charge in [-0.15, -0.1) is 0 Å². The maximum Gasteiger partial charge on any atom is 0.314 e. The van der Waals surface area contributed by atoms with Gasteiger partial charge in [-0.1, -0.05) is 0 Å². The van der Waals surface area contributed by atoms with Gasteiger partial charge in [-0.05, 0) is 31.0 Å². The number of aromatic amines is 2. The Labute approximate surface area is 166 Å². The van der Waals surface area contributed by atoms with Gasteiger partial charge in [0.1, 0.15) is 0 Å². The molecule has 0 bridgehead atoms. The monoisotopic (exact) mass is 422 g/mol. The highest BCUT2D eigenvalue weighted by molar-refractivity contribution is 7.89. The van der Waals surface area contributed by atoms with Gasteiger partial charge in [-0.2, -0.15) is 4.31 Å². The smallest absolute Gasteiger partial charge is 0.314 e. The van der Waals surface area contributed by atoms with E-state index in [0.717, 1.165) is 0 Å². The van der Waals surface area contributed by atoms with Crippen LogP contribution in [0.2, 0.25) is 0 Å². The van der Waals surface area contributed by atoms with Crippen LogP contribution in [0.4, 0.5) is 0 Å². The Bertz CT molecular complexity index is 1150. The zero-order chi connectivity index (χ0) is 20.6. The number of H-pyrrole nitrogens is 2. The Morgan fingerprint density at radius 1 is 1.03 bits per heavy atom. The van der Waals surface area contributed by atoms with Crippen molar-refractivity contribution >= 4 is 27.0 Å². The van der Waals surface area contributed by atoms with Crippen molar-refractivity contribution in [3.05, 3.63) is 38.9 Å². The van der Waals surface area contributed by atoms with Gasteiger partial charge in [-0.3, -0.25) is 14.4 Å². The Morgan fingerprint density at radius 2 is 1.72 bits per heavy atom. The molecule has 0 aliphatic carbocycles. The summed E-state index contributed by atoms with van der Waals surface area (Å²) in [7, 11) is -3.85. The fourth-order valence-corrected chi connectivity index (χ4v) is 5.36. The number of aromatic nitrogens is 2. The number of hydrogen-bond acceptors (Lipinski definition) is 6. The number of nitrogens with zero attached hydrogens (tertiary/aromatic N) is 2. The van der Waals surface area contributed by atoms with Crippen LogP contribution in [0.1, 0.15) is 12.8 Å². The molecule has 2 aliphatic rings. The van der Waals surface area contributed by atoms with E-state index >= 15 is 0 Å². The molecule has 1 amide bonds. The predicted octanol–water partition coefficient (Wildman–Crippen LogP) is -0.524. The second kappa shape index (κ2) is 7.73. The fraction of sp³-hybridized carbons (Fsp3) is 0.500. The van der Waals surface area contributed by atoms with Crippen molar-refractivity contribution in [2.24, 2.45) is 5.92 Å². The Kier molecular flexibility index (Phi) is 5.28. The second-order valence-corrected chi connectivity index (χ2v) is 9.19. The number of benzene rings is 1. The predicted molar refractivity (Wildman–Crippen MR) is 104 cm³/mol. The molecule has 1 aromatic heterocycles. The largest absolute Gasteiger partial charge is 0.378 e. The average molecular weight is 422 g/mol. The summed E-state index contributed by atoms with van der Waals surface area (Å²) < 4.78 is 32.9. The number of carbonyl (C=O) groups is 1. The number of ether oxygens (including phenoxy) is 1. The molecule has 0 spiro atoms.